The number of aliphatic hydroxyl groups is 1. The van der Waals surface area contributed by atoms with Gasteiger partial charge in [0.05, 0.1) is 30.4 Å². The molecule has 1 fully saturated rings. The van der Waals surface area contributed by atoms with E-state index < -0.39 is 6.10 Å². The lowest BCUT2D eigenvalue weighted by atomic mass is 10.2. The summed E-state index contributed by atoms with van der Waals surface area (Å²) in [6.07, 6.45) is -0.640. The molecule has 20 heavy (non-hydrogen) atoms. The Bertz CT molecular complexity index is 468. The van der Waals surface area contributed by atoms with E-state index in [1.165, 1.54) is 0 Å². The summed E-state index contributed by atoms with van der Waals surface area (Å²) < 4.78 is 10.6. The molecular formula is C14H18ClNO4. The van der Waals surface area contributed by atoms with Crippen molar-refractivity contribution in [3.8, 4) is 5.75 Å². The maximum atomic E-state index is 12.2. The van der Waals surface area contributed by atoms with Crippen LogP contribution in [0.5, 0.6) is 5.75 Å². The molecule has 0 unspecified atom stereocenters. The van der Waals surface area contributed by atoms with Gasteiger partial charge in [-0.25, -0.2) is 0 Å². The predicted octanol–water partition coefficient (Wildman–Crippen LogP) is 1.33. The molecule has 1 N–H and O–H groups in total. The van der Waals surface area contributed by atoms with Crippen molar-refractivity contribution in [1.29, 1.82) is 0 Å². The fraction of sp³-hybridized carbons (Fsp3) is 0.500. The van der Waals surface area contributed by atoms with Crippen LogP contribution in [-0.2, 0) is 9.53 Å². The minimum absolute atomic E-state index is 0.110. The summed E-state index contributed by atoms with van der Waals surface area (Å²) >= 11 is 5.96. The molecule has 1 aromatic carbocycles. The minimum atomic E-state index is -0.640. The molecule has 0 radical (unpaired) electrons. The highest BCUT2D eigenvalue weighted by Gasteiger charge is 2.33. The smallest absolute Gasteiger partial charge is 0.260 e. The number of rotatable bonds is 5. The lowest BCUT2D eigenvalue weighted by Gasteiger charge is -2.28. The second kappa shape index (κ2) is 6.92. The molecular weight excluding hydrogens is 282 g/mol. The summed E-state index contributed by atoms with van der Waals surface area (Å²) in [4.78, 5) is 13.8. The van der Waals surface area contributed by atoms with Crippen LogP contribution in [0.3, 0.4) is 0 Å². The maximum Gasteiger partial charge on any atom is 0.260 e. The van der Waals surface area contributed by atoms with E-state index in [1.807, 2.05) is 6.92 Å². The Kier molecular flexibility index (Phi) is 5.23. The van der Waals surface area contributed by atoms with Crippen molar-refractivity contribution in [1.82, 2.24) is 4.90 Å². The van der Waals surface area contributed by atoms with E-state index >= 15 is 0 Å². The molecule has 0 bridgehead atoms. The first-order chi connectivity index (χ1) is 9.63. The Labute approximate surface area is 123 Å². The average Bonchev–Trinajstić information content (AvgIpc) is 2.85. The van der Waals surface area contributed by atoms with Crippen molar-refractivity contribution in [2.75, 3.05) is 26.4 Å². The number of likely N-dealkylation sites (N-methyl/N-ethyl adjacent to an activating group) is 1. The van der Waals surface area contributed by atoms with Crippen LogP contribution in [0.15, 0.2) is 24.3 Å². The lowest BCUT2D eigenvalue weighted by molar-refractivity contribution is -0.137. The Morgan fingerprint density at radius 2 is 2.25 bits per heavy atom. The molecule has 2 atom stereocenters. The number of halogens is 1. The number of carbonyl (C=O) groups excluding carboxylic acids is 1. The van der Waals surface area contributed by atoms with Gasteiger partial charge in [-0.2, -0.15) is 0 Å². The first-order valence-electron chi connectivity index (χ1n) is 6.56. The number of benzene rings is 1. The molecule has 2 rings (SSSR count). The SMILES string of the molecule is CCN(C(=O)COc1ccccc1Cl)[C@@H]1COC[C@H]1O. The molecule has 0 spiro atoms. The highest BCUT2D eigenvalue weighted by Crippen LogP contribution is 2.23. The molecule has 1 aliphatic rings. The van der Waals surface area contributed by atoms with Gasteiger partial charge in [-0.1, -0.05) is 23.7 Å². The summed E-state index contributed by atoms with van der Waals surface area (Å²) in [7, 11) is 0. The summed E-state index contributed by atoms with van der Waals surface area (Å²) in [6.45, 7) is 2.86. The van der Waals surface area contributed by atoms with Gasteiger partial charge >= 0.3 is 0 Å². The quantitative estimate of drug-likeness (QED) is 0.891. The van der Waals surface area contributed by atoms with E-state index in [2.05, 4.69) is 0 Å². The van der Waals surface area contributed by atoms with E-state index in [-0.39, 0.29) is 25.2 Å². The van der Waals surface area contributed by atoms with Crippen LogP contribution in [0.1, 0.15) is 6.92 Å². The zero-order valence-corrected chi connectivity index (χ0v) is 12.0. The van der Waals surface area contributed by atoms with Gasteiger partial charge in [0.25, 0.3) is 5.91 Å². The van der Waals surface area contributed by atoms with Crippen molar-refractivity contribution in [3.05, 3.63) is 29.3 Å². The first kappa shape index (κ1) is 15.1. The molecule has 110 valence electrons. The number of amides is 1. The normalized spacial score (nSPS) is 21.8. The second-order valence-corrected chi connectivity index (χ2v) is 4.98. The number of hydrogen-bond acceptors (Lipinski definition) is 4. The molecule has 0 saturated carbocycles. The van der Waals surface area contributed by atoms with Gasteiger partial charge in [-0.3, -0.25) is 4.79 Å². The Morgan fingerprint density at radius 3 is 2.85 bits per heavy atom. The Balaban J connectivity index is 1.94. The third-order valence-electron chi connectivity index (χ3n) is 3.27. The third-order valence-corrected chi connectivity index (χ3v) is 3.58. The Hall–Kier alpha value is -1.30. The minimum Gasteiger partial charge on any atom is -0.482 e. The average molecular weight is 300 g/mol. The van der Waals surface area contributed by atoms with Crippen molar-refractivity contribution >= 4 is 17.5 Å². The zero-order chi connectivity index (χ0) is 14.5. The summed E-state index contributed by atoms with van der Waals surface area (Å²) in [6, 6.07) is 6.69. The van der Waals surface area contributed by atoms with E-state index in [0.29, 0.717) is 23.9 Å². The Morgan fingerprint density at radius 1 is 1.50 bits per heavy atom. The number of para-hydroxylation sites is 1. The molecule has 0 aliphatic carbocycles. The van der Waals surface area contributed by atoms with Crippen LogP contribution in [0.4, 0.5) is 0 Å². The van der Waals surface area contributed by atoms with Gasteiger partial charge in [-0.15, -0.1) is 0 Å². The monoisotopic (exact) mass is 299 g/mol. The number of ether oxygens (including phenoxy) is 2. The summed E-state index contributed by atoms with van der Waals surface area (Å²) in [5.41, 5.74) is 0. The van der Waals surface area contributed by atoms with Crippen LogP contribution in [0, 0.1) is 0 Å². The molecule has 0 aromatic heterocycles. The third kappa shape index (κ3) is 3.42. The zero-order valence-electron chi connectivity index (χ0n) is 11.3. The number of hydrogen-bond donors (Lipinski definition) is 1. The molecule has 5 nitrogen and oxygen atoms in total. The van der Waals surface area contributed by atoms with E-state index in [4.69, 9.17) is 21.1 Å². The molecule has 1 aliphatic heterocycles. The highest BCUT2D eigenvalue weighted by atomic mass is 35.5. The first-order valence-corrected chi connectivity index (χ1v) is 6.94. The standard InChI is InChI=1S/C14H18ClNO4/c1-2-16(11-7-19-8-12(11)17)14(18)9-20-13-6-4-3-5-10(13)15/h3-6,11-12,17H,2,7-9H2,1H3/t11-,12-/m1/s1. The van der Waals surface area contributed by atoms with Crippen molar-refractivity contribution < 1.29 is 19.4 Å². The fourth-order valence-electron chi connectivity index (χ4n) is 2.21. The fourth-order valence-corrected chi connectivity index (χ4v) is 2.40. The number of nitrogens with zero attached hydrogens (tertiary/aromatic N) is 1. The summed E-state index contributed by atoms with van der Waals surface area (Å²) in [5.74, 6) is 0.281. The number of carbonyl (C=O) groups is 1. The van der Waals surface area contributed by atoms with Gasteiger partial charge < -0.3 is 19.5 Å². The lowest BCUT2D eigenvalue weighted by Crippen LogP contribution is -2.48. The van der Waals surface area contributed by atoms with Gasteiger partial charge in [0.2, 0.25) is 0 Å². The van der Waals surface area contributed by atoms with E-state index in [0.717, 1.165) is 0 Å². The van der Waals surface area contributed by atoms with Gasteiger partial charge in [0.15, 0.2) is 6.61 Å². The van der Waals surface area contributed by atoms with E-state index in [1.54, 1.807) is 29.2 Å². The van der Waals surface area contributed by atoms with Crippen molar-refractivity contribution in [2.24, 2.45) is 0 Å². The topological polar surface area (TPSA) is 59.0 Å². The molecule has 6 heteroatoms. The van der Waals surface area contributed by atoms with Gasteiger partial charge in [-0.05, 0) is 19.1 Å². The molecule has 1 amide bonds. The van der Waals surface area contributed by atoms with Gasteiger partial charge in [0, 0.05) is 6.54 Å². The van der Waals surface area contributed by atoms with Crippen molar-refractivity contribution in [3.63, 3.8) is 0 Å². The summed E-state index contributed by atoms with van der Waals surface area (Å²) in [5, 5.41) is 10.3. The van der Waals surface area contributed by atoms with Crippen molar-refractivity contribution in [2.45, 2.75) is 19.1 Å². The van der Waals surface area contributed by atoms with Crippen LogP contribution in [0.25, 0.3) is 0 Å². The van der Waals surface area contributed by atoms with Crippen LogP contribution < -0.4 is 4.74 Å². The van der Waals surface area contributed by atoms with Gasteiger partial charge in [0.1, 0.15) is 5.75 Å². The maximum absolute atomic E-state index is 12.2. The second-order valence-electron chi connectivity index (χ2n) is 4.57. The number of aliphatic hydroxyl groups excluding tert-OH is 1. The molecule has 1 heterocycles. The van der Waals surface area contributed by atoms with Crippen LogP contribution >= 0.6 is 11.6 Å². The largest absolute Gasteiger partial charge is 0.482 e. The molecule has 1 saturated heterocycles. The van der Waals surface area contributed by atoms with E-state index in [9.17, 15) is 9.90 Å². The van der Waals surface area contributed by atoms with Crippen LogP contribution in [0.2, 0.25) is 5.02 Å². The van der Waals surface area contributed by atoms with Crippen LogP contribution in [-0.4, -0.2) is 54.4 Å². The highest BCUT2D eigenvalue weighted by molar-refractivity contribution is 6.32. The molecule has 1 aromatic rings. The predicted molar refractivity (Wildman–Crippen MR) is 74.9 cm³/mol.